The first kappa shape index (κ1) is 12.3. The second-order valence-corrected chi connectivity index (χ2v) is 5.06. The summed E-state index contributed by atoms with van der Waals surface area (Å²) in [6.45, 7) is 1.78. The first-order valence-corrected chi connectivity index (χ1v) is 6.11. The van der Waals surface area contributed by atoms with E-state index in [9.17, 15) is 15.4 Å². The van der Waals surface area contributed by atoms with Crippen LogP contribution in [0.3, 0.4) is 0 Å². The number of benzene rings is 1. The van der Waals surface area contributed by atoms with E-state index in [2.05, 4.69) is 6.07 Å². The molecular formula is C13H10N2O2S. The molecule has 0 saturated carbocycles. The van der Waals surface area contributed by atoms with Crippen molar-refractivity contribution in [3.05, 3.63) is 63.0 Å². The van der Waals surface area contributed by atoms with Crippen molar-refractivity contribution in [1.82, 2.24) is 0 Å². The smallest absolute Gasteiger partial charge is 0.258 e. The SMILES string of the molecule is CC(C#N)(c1ccccc1)c1ccc([N+](=O)[O-])s1. The summed E-state index contributed by atoms with van der Waals surface area (Å²) in [6.07, 6.45) is 0. The summed E-state index contributed by atoms with van der Waals surface area (Å²) in [5.41, 5.74) is -0.00977. The third kappa shape index (κ3) is 1.98. The fraction of sp³-hybridized carbons (Fsp3) is 0.154. The molecule has 0 saturated heterocycles. The minimum atomic E-state index is -0.847. The van der Waals surface area contributed by atoms with E-state index in [0.29, 0.717) is 4.88 Å². The van der Waals surface area contributed by atoms with Crippen molar-refractivity contribution in [2.24, 2.45) is 0 Å². The predicted molar refractivity (Wildman–Crippen MR) is 69.5 cm³/mol. The lowest BCUT2D eigenvalue weighted by atomic mass is 9.83. The Balaban J connectivity index is 2.51. The molecule has 1 aromatic heterocycles. The highest BCUT2D eigenvalue weighted by Gasteiger charge is 2.31. The Bertz CT molecular complexity index is 615. The summed E-state index contributed by atoms with van der Waals surface area (Å²) in [7, 11) is 0. The minimum Gasteiger partial charge on any atom is -0.258 e. The lowest BCUT2D eigenvalue weighted by Gasteiger charge is -2.19. The summed E-state index contributed by atoms with van der Waals surface area (Å²) in [5, 5.41) is 20.2. The second-order valence-electron chi connectivity index (χ2n) is 4.00. The van der Waals surface area contributed by atoms with Gasteiger partial charge >= 0.3 is 5.00 Å². The monoisotopic (exact) mass is 258 g/mol. The third-order valence-electron chi connectivity index (χ3n) is 2.84. The maximum Gasteiger partial charge on any atom is 0.324 e. The van der Waals surface area contributed by atoms with E-state index in [1.807, 2.05) is 30.3 Å². The number of hydrogen-bond donors (Lipinski definition) is 0. The van der Waals surface area contributed by atoms with Gasteiger partial charge in [0.2, 0.25) is 0 Å². The summed E-state index contributed by atoms with van der Waals surface area (Å²) in [5.74, 6) is 0. The largest absolute Gasteiger partial charge is 0.324 e. The molecule has 2 rings (SSSR count). The summed E-state index contributed by atoms with van der Waals surface area (Å²) >= 11 is 1.05. The zero-order valence-corrected chi connectivity index (χ0v) is 10.5. The van der Waals surface area contributed by atoms with Crippen molar-refractivity contribution in [2.45, 2.75) is 12.3 Å². The minimum absolute atomic E-state index is 0.0578. The van der Waals surface area contributed by atoms with Crippen molar-refractivity contribution in [1.29, 1.82) is 5.26 Å². The highest BCUT2D eigenvalue weighted by Crippen LogP contribution is 2.38. The quantitative estimate of drug-likeness (QED) is 0.625. The van der Waals surface area contributed by atoms with E-state index in [1.54, 1.807) is 13.0 Å². The number of thiophene rings is 1. The van der Waals surface area contributed by atoms with Crippen LogP contribution in [0.1, 0.15) is 17.4 Å². The Morgan fingerprint density at radius 2 is 1.94 bits per heavy atom. The van der Waals surface area contributed by atoms with Crippen LogP contribution < -0.4 is 0 Å². The third-order valence-corrected chi connectivity index (χ3v) is 4.10. The van der Waals surface area contributed by atoms with E-state index in [0.717, 1.165) is 16.9 Å². The maximum absolute atomic E-state index is 10.7. The fourth-order valence-electron chi connectivity index (χ4n) is 1.73. The van der Waals surface area contributed by atoms with Gasteiger partial charge in [-0.15, -0.1) is 0 Å². The molecular weight excluding hydrogens is 248 g/mol. The lowest BCUT2D eigenvalue weighted by Crippen LogP contribution is -2.19. The molecule has 0 spiro atoms. The van der Waals surface area contributed by atoms with Gasteiger partial charge in [0, 0.05) is 10.9 Å². The molecule has 0 radical (unpaired) electrons. The highest BCUT2D eigenvalue weighted by atomic mass is 32.1. The Morgan fingerprint density at radius 1 is 1.28 bits per heavy atom. The molecule has 0 bridgehead atoms. The van der Waals surface area contributed by atoms with Crippen LogP contribution in [0.5, 0.6) is 0 Å². The second kappa shape index (κ2) is 4.59. The van der Waals surface area contributed by atoms with E-state index in [1.165, 1.54) is 6.07 Å². The van der Waals surface area contributed by atoms with Gasteiger partial charge in [0.1, 0.15) is 5.41 Å². The first-order valence-electron chi connectivity index (χ1n) is 5.29. The number of hydrogen-bond acceptors (Lipinski definition) is 4. The Hall–Kier alpha value is -2.19. The Labute approximate surface area is 108 Å². The van der Waals surface area contributed by atoms with Crippen LogP contribution in [-0.2, 0) is 5.41 Å². The van der Waals surface area contributed by atoms with Crippen LogP contribution in [0, 0.1) is 21.4 Å². The van der Waals surface area contributed by atoms with Gasteiger partial charge < -0.3 is 0 Å². The molecule has 0 N–H and O–H groups in total. The molecule has 1 heterocycles. The normalized spacial score (nSPS) is 13.6. The van der Waals surface area contributed by atoms with Gasteiger partial charge in [0.15, 0.2) is 0 Å². The molecule has 0 fully saturated rings. The molecule has 1 aromatic carbocycles. The van der Waals surface area contributed by atoms with E-state index >= 15 is 0 Å². The van der Waals surface area contributed by atoms with Gasteiger partial charge in [-0.3, -0.25) is 10.1 Å². The molecule has 2 aromatic rings. The lowest BCUT2D eigenvalue weighted by molar-refractivity contribution is -0.380. The Kier molecular flexibility index (Phi) is 3.13. The topological polar surface area (TPSA) is 66.9 Å². The molecule has 0 aliphatic heterocycles. The van der Waals surface area contributed by atoms with Gasteiger partial charge in [0.25, 0.3) is 0 Å². The number of rotatable bonds is 3. The maximum atomic E-state index is 10.7. The molecule has 4 nitrogen and oxygen atoms in total. The zero-order valence-electron chi connectivity index (χ0n) is 9.66. The summed E-state index contributed by atoms with van der Waals surface area (Å²) in [6, 6.07) is 14.6. The summed E-state index contributed by atoms with van der Waals surface area (Å²) in [4.78, 5) is 10.9. The van der Waals surface area contributed by atoms with Crippen LogP contribution in [0.15, 0.2) is 42.5 Å². The van der Waals surface area contributed by atoms with E-state index < -0.39 is 10.3 Å². The first-order chi connectivity index (χ1) is 8.58. The van der Waals surface area contributed by atoms with Crippen LogP contribution in [-0.4, -0.2) is 4.92 Å². The molecule has 1 atom stereocenters. The molecule has 5 heteroatoms. The van der Waals surface area contributed by atoms with Crippen molar-refractivity contribution in [2.75, 3.05) is 0 Å². The number of nitriles is 1. The number of nitrogens with zero attached hydrogens (tertiary/aromatic N) is 2. The van der Waals surface area contributed by atoms with Gasteiger partial charge in [-0.05, 0) is 18.6 Å². The molecule has 1 unspecified atom stereocenters. The van der Waals surface area contributed by atoms with Crippen LogP contribution in [0.2, 0.25) is 0 Å². The zero-order chi connectivity index (χ0) is 13.2. The van der Waals surface area contributed by atoms with Crippen LogP contribution in [0.4, 0.5) is 5.00 Å². The van der Waals surface area contributed by atoms with Crippen molar-refractivity contribution in [3.63, 3.8) is 0 Å². The van der Waals surface area contributed by atoms with Gasteiger partial charge in [-0.2, -0.15) is 5.26 Å². The van der Waals surface area contributed by atoms with Crippen molar-refractivity contribution >= 4 is 16.3 Å². The van der Waals surface area contributed by atoms with Crippen LogP contribution >= 0.6 is 11.3 Å². The molecule has 18 heavy (non-hydrogen) atoms. The Morgan fingerprint density at radius 3 is 2.44 bits per heavy atom. The fourth-order valence-corrected chi connectivity index (χ4v) is 2.67. The molecule has 0 aliphatic carbocycles. The van der Waals surface area contributed by atoms with Crippen LogP contribution in [0.25, 0.3) is 0 Å². The summed E-state index contributed by atoms with van der Waals surface area (Å²) < 4.78 is 0. The van der Waals surface area contributed by atoms with Gasteiger partial charge in [-0.25, -0.2) is 0 Å². The average molecular weight is 258 g/mol. The van der Waals surface area contributed by atoms with Gasteiger partial charge in [0.05, 0.1) is 11.0 Å². The van der Waals surface area contributed by atoms with Crippen molar-refractivity contribution < 1.29 is 4.92 Å². The highest BCUT2D eigenvalue weighted by molar-refractivity contribution is 7.15. The molecule has 0 aliphatic rings. The number of nitro groups is 1. The van der Waals surface area contributed by atoms with Crippen molar-refractivity contribution in [3.8, 4) is 6.07 Å². The standard InChI is InChI=1S/C13H10N2O2S/c1-13(9-14,10-5-3-2-4-6-10)11-7-8-12(18-11)15(16)17/h2-8H,1H3. The molecule has 0 amide bonds. The van der Waals surface area contributed by atoms with E-state index in [4.69, 9.17) is 0 Å². The van der Waals surface area contributed by atoms with Gasteiger partial charge in [-0.1, -0.05) is 41.7 Å². The predicted octanol–water partition coefficient (Wildman–Crippen LogP) is 3.49. The molecule has 90 valence electrons. The van der Waals surface area contributed by atoms with E-state index in [-0.39, 0.29) is 5.00 Å². The average Bonchev–Trinajstić information content (AvgIpc) is 2.89.